The molecule has 1 amide bonds. The molecule has 3 N–H and O–H groups in total. The zero-order valence-corrected chi connectivity index (χ0v) is 20.3. The van der Waals surface area contributed by atoms with E-state index < -0.39 is 23.8 Å². The van der Waals surface area contributed by atoms with Crippen molar-refractivity contribution < 1.29 is 31.9 Å². The van der Waals surface area contributed by atoms with Crippen molar-refractivity contribution in [2.24, 2.45) is 5.73 Å². The number of fused-ring (bicyclic) bond motifs is 1. The summed E-state index contributed by atoms with van der Waals surface area (Å²) >= 11 is 0. The number of rotatable bonds is 7. The molecule has 0 saturated heterocycles. The second-order valence-corrected chi connectivity index (χ2v) is 8.85. The second kappa shape index (κ2) is 9.89. The summed E-state index contributed by atoms with van der Waals surface area (Å²) in [5.41, 5.74) is 5.30. The van der Waals surface area contributed by atoms with E-state index >= 15 is 0 Å². The summed E-state index contributed by atoms with van der Waals surface area (Å²) in [7, 11) is 1.33. The Morgan fingerprint density at radius 1 is 1.18 bits per heavy atom. The van der Waals surface area contributed by atoms with Crippen molar-refractivity contribution in [1.82, 2.24) is 25.3 Å². The van der Waals surface area contributed by atoms with Gasteiger partial charge in [-0.15, -0.1) is 0 Å². The summed E-state index contributed by atoms with van der Waals surface area (Å²) in [5, 5.41) is 3.21. The number of oxazole rings is 1. The normalized spacial score (nSPS) is 18.1. The van der Waals surface area contributed by atoms with Gasteiger partial charge in [0.25, 0.3) is 5.91 Å². The molecule has 10 nitrogen and oxygen atoms in total. The van der Waals surface area contributed by atoms with E-state index in [2.05, 4.69) is 25.3 Å². The molecule has 0 aliphatic heterocycles. The van der Waals surface area contributed by atoms with Gasteiger partial charge in [-0.05, 0) is 31.2 Å². The van der Waals surface area contributed by atoms with Crippen molar-refractivity contribution in [3.05, 3.63) is 60.0 Å². The topological polar surface area (TPSA) is 138 Å². The van der Waals surface area contributed by atoms with Gasteiger partial charge in [0.2, 0.25) is 11.8 Å². The number of pyridine rings is 1. The number of halogens is 3. The number of carbonyl (C=O) groups is 1. The number of nitrogens with two attached hydrogens (primary N) is 1. The van der Waals surface area contributed by atoms with Gasteiger partial charge in [-0.2, -0.15) is 13.2 Å². The first-order valence-corrected chi connectivity index (χ1v) is 11.7. The van der Waals surface area contributed by atoms with Crippen LogP contribution in [0.15, 0.2) is 47.3 Å². The molecule has 5 rings (SSSR count). The minimum atomic E-state index is -4.63. The standard InChI is InChI=1S/C25H23F3N6O4/c1-12(29)22-21(23(35)32-13-9-14(10-13)37-19-11-30-7-8-31-19)34-24(38-22)16-3-5-17(36-2)20-15(16)4-6-18(33-20)25(26,27)28/h3-8,11-14H,9-10,29H2,1-2H3,(H,32,35)/t12-,13-,14+/m0/s1. The number of alkyl halides is 3. The molecule has 38 heavy (non-hydrogen) atoms. The quantitative estimate of drug-likeness (QED) is 0.363. The molecule has 1 aliphatic rings. The highest BCUT2D eigenvalue weighted by Crippen LogP contribution is 2.37. The molecule has 0 bridgehead atoms. The molecule has 0 unspecified atom stereocenters. The molecule has 3 heterocycles. The number of methoxy groups -OCH3 is 1. The number of nitrogens with zero attached hydrogens (tertiary/aromatic N) is 4. The van der Waals surface area contributed by atoms with E-state index in [1.54, 1.807) is 19.2 Å². The van der Waals surface area contributed by atoms with Crippen molar-refractivity contribution in [2.75, 3.05) is 7.11 Å². The average molecular weight is 528 g/mol. The minimum absolute atomic E-state index is 0.00265. The Morgan fingerprint density at radius 3 is 2.63 bits per heavy atom. The van der Waals surface area contributed by atoms with Crippen molar-refractivity contribution >= 4 is 16.8 Å². The highest BCUT2D eigenvalue weighted by Gasteiger charge is 2.35. The Morgan fingerprint density at radius 2 is 1.97 bits per heavy atom. The summed E-state index contributed by atoms with van der Waals surface area (Å²) in [5.74, 6) is 0.244. The highest BCUT2D eigenvalue weighted by molar-refractivity contribution is 5.98. The lowest BCUT2D eigenvalue weighted by Gasteiger charge is -2.35. The van der Waals surface area contributed by atoms with E-state index in [9.17, 15) is 18.0 Å². The third-order valence-corrected chi connectivity index (χ3v) is 6.10. The molecular weight excluding hydrogens is 505 g/mol. The van der Waals surface area contributed by atoms with Gasteiger partial charge >= 0.3 is 6.18 Å². The molecule has 1 atom stereocenters. The monoisotopic (exact) mass is 528 g/mol. The van der Waals surface area contributed by atoms with Gasteiger partial charge in [0.15, 0.2) is 11.5 Å². The van der Waals surface area contributed by atoms with Crippen LogP contribution in [-0.2, 0) is 6.18 Å². The first-order valence-electron chi connectivity index (χ1n) is 11.7. The largest absolute Gasteiger partial charge is 0.494 e. The Hall–Kier alpha value is -4.26. The van der Waals surface area contributed by atoms with Crippen molar-refractivity contribution in [3.63, 3.8) is 0 Å². The van der Waals surface area contributed by atoms with Crippen LogP contribution >= 0.6 is 0 Å². The van der Waals surface area contributed by atoms with Gasteiger partial charge in [-0.1, -0.05) is 0 Å². The molecule has 4 aromatic rings. The molecule has 1 fully saturated rings. The molecule has 198 valence electrons. The van der Waals surface area contributed by atoms with Gasteiger partial charge in [0, 0.05) is 42.2 Å². The number of nitrogens with one attached hydrogen (secondary N) is 1. The summed E-state index contributed by atoms with van der Waals surface area (Å²) < 4.78 is 56.6. The fraction of sp³-hybridized carbons (Fsp3) is 0.320. The van der Waals surface area contributed by atoms with Crippen molar-refractivity contribution in [3.8, 4) is 23.1 Å². The number of carbonyl (C=O) groups excluding carboxylic acids is 1. The number of amides is 1. The van der Waals surface area contributed by atoms with E-state index in [0.29, 0.717) is 29.7 Å². The predicted molar refractivity (Wildman–Crippen MR) is 128 cm³/mol. The highest BCUT2D eigenvalue weighted by atomic mass is 19.4. The van der Waals surface area contributed by atoms with E-state index in [0.717, 1.165) is 6.07 Å². The van der Waals surface area contributed by atoms with E-state index in [-0.39, 0.29) is 40.8 Å². The molecule has 1 aliphatic carbocycles. The van der Waals surface area contributed by atoms with Crippen LogP contribution < -0.4 is 20.5 Å². The maximum absolute atomic E-state index is 13.3. The summed E-state index contributed by atoms with van der Waals surface area (Å²) in [6.45, 7) is 1.64. The second-order valence-electron chi connectivity index (χ2n) is 8.85. The Labute approximate surface area is 214 Å². The number of aromatic nitrogens is 4. The fourth-order valence-electron chi connectivity index (χ4n) is 4.17. The Balaban J connectivity index is 1.40. The molecule has 0 radical (unpaired) electrons. The SMILES string of the molecule is COc1ccc(-c2nc(C(=O)N[C@H]3C[C@@H](Oc4cnccn4)C3)c([C@H](C)N)o2)c2ccc(C(F)(F)F)nc12. The van der Waals surface area contributed by atoms with Crippen molar-refractivity contribution in [1.29, 1.82) is 0 Å². The number of hydrogen-bond donors (Lipinski definition) is 2. The van der Waals surface area contributed by atoms with Crippen LogP contribution in [0.1, 0.15) is 47.7 Å². The van der Waals surface area contributed by atoms with Crippen molar-refractivity contribution in [2.45, 2.75) is 44.1 Å². The van der Waals surface area contributed by atoms with Gasteiger partial charge in [0.05, 0.1) is 19.3 Å². The Kier molecular flexibility index (Phi) is 6.61. The van der Waals surface area contributed by atoms with Crippen LogP contribution in [0.3, 0.4) is 0 Å². The van der Waals surface area contributed by atoms with Crippen LogP contribution in [0.25, 0.3) is 22.4 Å². The molecule has 13 heteroatoms. The maximum Gasteiger partial charge on any atom is 0.433 e. The molecule has 1 aromatic carbocycles. The lowest BCUT2D eigenvalue weighted by Crippen LogP contribution is -2.49. The first-order chi connectivity index (χ1) is 18.1. The molecular formula is C25H23F3N6O4. The third-order valence-electron chi connectivity index (χ3n) is 6.10. The van der Waals surface area contributed by atoms with Crippen LogP contribution in [0, 0.1) is 0 Å². The Bertz CT molecular complexity index is 1470. The lowest BCUT2D eigenvalue weighted by molar-refractivity contribution is -0.140. The summed E-state index contributed by atoms with van der Waals surface area (Å²) in [6.07, 6.45) is 0.975. The zero-order valence-electron chi connectivity index (χ0n) is 20.3. The summed E-state index contributed by atoms with van der Waals surface area (Å²) in [4.78, 5) is 29.2. The van der Waals surface area contributed by atoms with Gasteiger partial charge < -0.3 is 24.9 Å². The number of ether oxygens (including phenoxy) is 2. The van der Waals surface area contributed by atoms with Crippen LogP contribution in [0.2, 0.25) is 0 Å². The van der Waals surface area contributed by atoms with E-state index in [1.165, 1.54) is 31.6 Å². The molecule has 0 spiro atoms. The van der Waals surface area contributed by atoms with Crippen LogP contribution in [0.4, 0.5) is 13.2 Å². The third kappa shape index (κ3) is 4.96. The van der Waals surface area contributed by atoms with Gasteiger partial charge in [0.1, 0.15) is 23.1 Å². The minimum Gasteiger partial charge on any atom is -0.494 e. The first kappa shape index (κ1) is 25.4. The number of hydrogen-bond acceptors (Lipinski definition) is 9. The number of benzene rings is 1. The molecule has 3 aromatic heterocycles. The van der Waals surface area contributed by atoms with Crippen LogP contribution in [-0.4, -0.2) is 45.1 Å². The van der Waals surface area contributed by atoms with Gasteiger partial charge in [-0.25, -0.2) is 15.0 Å². The lowest BCUT2D eigenvalue weighted by atomic mass is 9.89. The average Bonchev–Trinajstić information content (AvgIpc) is 3.32. The predicted octanol–water partition coefficient (Wildman–Crippen LogP) is 4.07. The smallest absolute Gasteiger partial charge is 0.433 e. The van der Waals surface area contributed by atoms with E-state index in [1.807, 2.05) is 0 Å². The fourth-order valence-corrected chi connectivity index (χ4v) is 4.17. The summed E-state index contributed by atoms with van der Waals surface area (Å²) in [6, 6.07) is 4.35. The van der Waals surface area contributed by atoms with Crippen LogP contribution in [0.5, 0.6) is 11.6 Å². The zero-order chi connectivity index (χ0) is 27.0. The maximum atomic E-state index is 13.3. The molecule has 1 saturated carbocycles. The van der Waals surface area contributed by atoms with E-state index in [4.69, 9.17) is 19.6 Å². The van der Waals surface area contributed by atoms with Gasteiger partial charge in [-0.3, -0.25) is 9.78 Å².